The number of halogens is 5. The van der Waals surface area contributed by atoms with Crippen LogP contribution < -0.4 is 5.32 Å². The van der Waals surface area contributed by atoms with Gasteiger partial charge in [-0.15, -0.1) is 0 Å². The molecule has 2 unspecified atom stereocenters. The van der Waals surface area contributed by atoms with E-state index in [4.69, 9.17) is 28.3 Å². The average Bonchev–Trinajstić information content (AvgIpc) is 2.34. The van der Waals surface area contributed by atoms with Crippen LogP contribution in [-0.2, 0) is 16.0 Å². The molecule has 0 heterocycles. The molecule has 0 saturated carbocycles. The van der Waals surface area contributed by atoms with Gasteiger partial charge in [0.15, 0.2) is 0 Å². The Morgan fingerprint density at radius 3 is 2.13 bits per heavy atom. The molecule has 0 aliphatic rings. The van der Waals surface area contributed by atoms with Crippen LogP contribution in [0.2, 0.25) is 10.0 Å². The van der Waals surface area contributed by atoms with E-state index in [1.807, 2.05) is 0 Å². The number of nitrogens with one attached hydrogen (secondary N) is 1. The van der Waals surface area contributed by atoms with Gasteiger partial charge in [0.05, 0.1) is 6.42 Å². The van der Waals surface area contributed by atoms with Crippen molar-refractivity contribution in [3.63, 3.8) is 0 Å². The molecular formula is C13H12Cl2F3NO4. The summed E-state index contributed by atoms with van der Waals surface area (Å²) >= 11 is 11.5. The third-order valence-electron chi connectivity index (χ3n) is 2.74. The highest BCUT2D eigenvalue weighted by Crippen LogP contribution is 2.23. The highest BCUT2D eigenvalue weighted by Gasteiger charge is 2.42. The summed E-state index contributed by atoms with van der Waals surface area (Å²) in [6, 6.07) is 1.60. The van der Waals surface area contributed by atoms with E-state index >= 15 is 0 Å². The van der Waals surface area contributed by atoms with Gasteiger partial charge in [-0.3, -0.25) is 9.59 Å². The van der Waals surface area contributed by atoms with Crippen LogP contribution in [0.25, 0.3) is 0 Å². The second-order valence-electron chi connectivity index (χ2n) is 4.70. The largest absolute Gasteiger partial charge is 0.481 e. The molecule has 0 aromatic heterocycles. The molecule has 5 nitrogen and oxygen atoms in total. The number of carboxylic acids is 1. The molecule has 128 valence electrons. The molecule has 0 radical (unpaired) electrons. The third-order valence-corrected chi connectivity index (χ3v) is 3.18. The number of aliphatic hydroxyl groups is 1. The Morgan fingerprint density at radius 1 is 1.17 bits per heavy atom. The van der Waals surface area contributed by atoms with Crippen LogP contribution in [-0.4, -0.2) is 40.4 Å². The molecule has 1 aromatic rings. The Hall–Kier alpha value is -1.51. The smallest absolute Gasteiger partial charge is 0.409 e. The van der Waals surface area contributed by atoms with Crippen molar-refractivity contribution in [2.45, 2.75) is 31.2 Å². The van der Waals surface area contributed by atoms with Gasteiger partial charge in [0.1, 0.15) is 12.1 Å². The lowest BCUT2D eigenvalue weighted by Crippen LogP contribution is -2.50. The van der Waals surface area contributed by atoms with Gasteiger partial charge < -0.3 is 15.5 Å². The number of carboxylic acid groups (broad SMARTS) is 1. The van der Waals surface area contributed by atoms with Crippen LogP contribution in [0.4, 0.5) is 13.2 Å². The summed E-state index contributed by atoms with van der Waals surface area (Å²) in [6.45, 7) is 0. The van der Waals surface area contributed by atoms with E-state index in [9.17, 15) is 27.9 Å². The molecular weight excluding hydrogens is 362 g/mol. The molecule has 1 amide bonds. The summed E-state index contributed by atoms with van der Waals surface area (Å²) < 4.78 is 37.9. The number of aliphatic carboxylic acids is 1. The first kappa shape index (κ1) is 19.5. The zero-order chi connectivity index (χ0) is 17.8. The summed E-state index contributed by atoms with van der Waals surface area (Å²) in [7, 11) is 0. The van der Waals surface area contributed by atoms with Crippen molar-refractivity contribution in [2.75, 3.05) is 0 Å². The minimum absolute atomic E-state index is 0.235. The minimum atomic E-state index is -4.95. The molecule has 1 aromatic carbocycles. The third kappa shape index (κ3) is 6.64. The molecule has 10 heteroatoms. The van der Waals surface area contributed by atoms with Gasteiger partial charge in [0, 0.05) is 16.5 Å². The number of rotatable bonds is 6. The maximum absolute atomic E-state index is 12.6. The lowest BCUT2D eigenvalue weighted by molar-refractivity contribution is -0.171. The fourth-order valence-electron chi connectivity index (χ4n) is 1.74. The zero-order valence-electron chi connectivity index (χ0n) is 11.4. The van der Waals surface area contributed by atoms with E-state index in [2.05, 4.69) is 0 Å². The number of benzene rings is 1. The number of amides is 1. The van der Waals surface area contributed by atoms with E-state index in [-0.39, 0.29) is 16.5 Å². The number of hydrogen-bond acceptors (Lipinski definition) is 3. The molecule has 2 atom stereocenters. The molecule has 0 spiro atoms. The minimum Gasteiger partial charge on any atom is -0.481 e. The van der Waals surface area contributed by atoms with Crippen LogP contribution in [0.15, 0.2) is 18.2 Å². The second kappa shape index (κ2) is 7.85. The lowest BCUT2D eigenvalue weighted by Gasteiger charge is -2.21. The Kier molecular flexibility index (Phi) is 6.67. The van der Waals surface area contributed by atoms with Crippen LogP contribution in [0.1, 0.15) is 12.0 Å². The molecule has 23 heavy (non-hydrogen) atoms. The lowest BCUT2D eigenvalue weighted by atomic mass is 10.1. The first-order valence-electron chi connectivity index (χ1n) is 6.21. The summed E-state index contributed by atoms with van der Waals surface area (Å²) in [5.74, 6) is -3.08. The normalized spacial score (nSPS) is 14.2. The maximum atomic E-state index is 12.6. The Morgan fingerprint density at radius 2 is 1.70 bits per heavy atom. The Labute approximate surface area is 139 Å². The van der Waals surface area contributed by atoms with Crippen LogP contribution in [0.3, 0.4) is 0 Å². The molecule has 0 aliphatic carbocycles. The summed E-state index contributed by atoms with van der Waals surface area (Å²) in [5, 5.41) is 20.1. The van der Waals surface area contributed by atoms with Gasteiger partial charge in [-0.1, -0.05) is 23.2 Å². The quantitative estimate of drug-likeness (QED) is 0.714. The van der Waals surface area contributed by atoms with Gasteiger partial charge in [-0.05, 0) is 23.8 Å². The fraction of sp³-hybridized carbons (Fsp3) is 0.385. The van der Waals surface area contributed by atoms with E-state index in [1.165, 1.54) is 23.5 Å². The molecule has 3 N–H and O–H groups in total. The van der Waals surface area contributed by atoms with E-state index in [0.29, 0.717) is 5.56 Å². The summed E-state index contributed by atoms with van der Waals surface area (Å²) in [6.07, 6.45) is -8.44. The van der Waals surface area contributed by atoms with Gasteiger partial charge in [-0.2, -0.15) is 13.2 Å². The van der Waals surface area contributed by atoms with Gasteiger partial charge >= 0.3 is 12.1 Å². The number of hydrogen-bond donors (Lipinski definition) is 3. The predicted octanol–water partition coefficient (Wildman–Crippen LogP) is 2.42. The van der Waals surface area contributed by atoms with Gasteiger partial charge in [-0.25, -0.2) is 0 Å². The fourth-order valence-corrected chi connectivity index (χ4v) is 2.31. The summed E-state index contributed by atoms with van der Waals surface area (Å²) in [4.78, 5) is 22.1. The SMILES string of the molecule is O=C(O)CC(NC(=O)C(O)Cc1cc(Cl)cc(Cl)c1)C(F)(F)F. The first-order chi connectivity index (χ1) is 10.5. The highest BCUT2D eigenvalue weighted by atomic mass is 35.5. The molecule has 0 aliphatic heterocycles. The van der Waals surface area contributed by atoms with Crippen molar-refractivity contribution in [1.29, 1.82) is 0 Å². The predicted molar refractivity (Wildman–Crippen MR) is 76.4 cm³/mol. The van der Waals surface area contributed by atoms with Gasteiger partial charge in [0.25, 0.3) is 0 Å². The number of carbonyl (C=O) groups is 2. The van der Waals surface area contributed by atoms with Crippen LogP contribution in [0, 0.1) is 0 Å². The highest BCUT2D eigenvalue weighted by molar-refractivity contribution is 6.34. The Bertz CT molecular complexity index is 575. The first-order valence-corrected chi connectivity index (χ1v) is 6.96. The number of alkyl halides is 3. The van der Waals surface area contributed by atoms with Crippen molar-refractivity contribution in [2.24, 2.45) is 0 Å². The standard InChI is InChI=1S/C13H12Cl2F3NO4/c14-7-1-6(2-8(15)4-7)3-9(20)12(23)19-10(5-11(21)22)13(16,17)18/h1-2,4,9-10,20H,3,5H2,(H,19,23)(H,21,22). The molecule has 1 rings (SSSR count). The summed E-state index contributed by atoms with van der Waals surface area (Å²) in [5.41, 5.74) is 0.340. The van der Waals surface area contributed by atoms with Gasteiger partial charge in [0.2, 0.25) is 5.91 Å². The number of aliphatic hydroxyl groups excluding tert-OH is 1. The van der Waals surface area contributed by atoms with Crippen LogP contribution in [0.5, 0.6) is 0 Å². The second-order valence-corrected chi connectivity index (χ2v) is 5.57. The Balaban J connectivity index is 2.76. The topological polar surface area (TPSA) is 86.6 Å². The number of carbonyl (C=O) groups excluding carboxylic acids is 1. The van der Waals surface area contributed by atoms with Crippen molar-refractivity contribution in [1.82, 2.24) is 5.32 Å². The van der Waals surface area contributed by atoms with E-state index in [1.54, 1.807) is 0 Å². The monoisotopic (exact) mass is 373 g/mol. The molecule has 0 bridgehead atoms. The zero-order valence-corrected chi connectivity index (χ0v) is 12.9. The molecule has 0 saturated heterocycles. The van der Waals surface area contributed by atoms with Crippen molar-refractivity contribution < 1.29 is 33.0 Å². The average molecular weight is 374 g/mol. The van der Waals surface area contributed by atoms with Crippen molar-refractivity contribution in [3.05, 3.63) is 33.8 Å². The maximum Gasteiger partial charge on any atom is 0.409 e. The van der Waals surface area contributed by atoms with E-state index < -0.39 is 36.6 Å². The van der Waals surface area contributed by atoms with Crippen LogP contribution >= 0.6 is 23.2 Å². The molecule has 0 fully saturated rings. The van der Waals surface area contributed by atoms with Crippen molar-refractivity contribution in [3.8, 4) is 0 Å². The van der Waals surface area contributed by atoms with E-state index in [0.717, 1.165) is 0 Å². The van der Waals surface area contributed by atoms with Crippen molar-refractivity contribution >= 4 is 35.1 Å².